The third kappa shape index (κ3) is 4.58. The van der Waals surface area contributed by atoms with E-state index >= 15 is 0 Å². The third-order valence-corrected chi connectivity index (χ3v) is 4.26. The average Bonchev–Trinajstić information content (AvgIpc) is 3.28. The summed E-state index contributed by atoms with van der Waals surface area (Å²) < 4.78 is 7.47. The van der Waals surface area contributed by atoms with Gasteiger partial charge in [-0.2, -0.15) is 5.10 Å². The quantitative estimate of drug-likeness (QED) is 0.855. The Balaban J connectivity index is 1.43. The summed E-state index contributed by atoms with van der Waals surface area (Å²) in [5.74, 6) is 0. The van der Waals surface area contributed by atoms with Gasteiger partial charge in [0.15, 0.2) is 0 Å². The Morgan fingerprint density at radius 2 is 2.17 bits per heavy atom. The van der Waals surface area contributed by atoms with E-state index in [-0.39, 0.29) is 18.2 Å². The maximum Gasteiger partial charge on any atom is 0.315 e. The van der Waals surface area contributed by atoms with E-state index in [9.17, 15) is 4.79 Å². The highest BCUT2D eigenvalue weighted by molar-refractivity contribution is 5.74. The first-order chi connectivity index (χ1) is 11.7. The normalized spacial score (nSPS) is 18.3. The van der Waals surface area contributed by atoms with E-state index in [4.69, 9.17) is 4.74 Å². The van der Waals surface area contributed by atoms with E-state index in [0.717, 1.165) is 31.6 Å². The summed E-state index contributed by atoms with van der Waals surface area (Å²) in [6.45, 7) is 4.04. The van der Waals surface area contributed by atoms with Gasteiger partial charge in [0.2, 0.25) is 0 Å². The second-order valence-corrected chi connectivity index (χ2v) is 6.19. The summed E-state index contributed by atoms with van der Waals surface area (Å²) in [6, 6.07) is 9.97. The van der Waals surface area contributed by atoms with E-state index in [0.29, 0.717) is 6.54 Å². The molecule has 6 nitrogen and oxygen atoms in total. The van der Waals surface area contributed by atoms with Crippen molar-refractivity contribution in [2.75, 3.05) is 6.61 Å². The van der Waals surface area contributed by atoms with Crippen LogP contribution in [0.2, 0.25) is 0 Å². The molecule has 1 fully saturated rings. The monoisotopic (exact) mass is 328 g/mol. The fourth-order valence-electron chi connectivity index (χ4n) is 2.87. The van der Waals surface area contributed by atoms with E-state index in [1.807, 2.05) is 36.0 Å². The number of carbonyl (C=O) groups is 1. The van der Waals surface area contributed by atoms with Crippen LogP contribution in [0.3, 0.4) is 0 Å². The summed E-state index contributed by atoms with van der Waals surface area (Å²) in [5, 5.41) is 10.0. The zero-order valence-corrected chi connectivity index (χ0v) is 13.9. The van der Waals surface area contributed by atoms with Crippen molar-refractivity contribution in [3.63, 3.8) is 0 Å². The van der Waals surface area contributed by atoms with E-state index < -0.39 is 0 Å². The summed E-state index contributed by atoms with van der Waals surface area (Å²) >= 11 is 0. The fraction of sp³-hybridized carbons (Fsp3) is 0.444. The molecule has 1 saturated heterocycles. The molecule has 0 spiro atoms. The van der Waals surface area contributed by atoms with Gasteiger partial charge in [0.1, 0.15) is 0 Å². The zero-order valence-electron chi connectivity index (χ0n) is 13.9. The lowest BCUT2D eigenvalue weighted by Crippen LogP contribution is -2.45. The molecule has 6 heteroatoms. The Kier molecular flexibility index (Phi) is 5.48. The zero-order chi connectivity index (χ0) is 16.8. The third-order valence-electron chi connectivity index (χ3n) is 4.26. The van der Waals surface area contributed by atoms with Gasteiger partial charge < -0.3 is 15.4 Å². The minimum Gasteiger partial charge on any atom is -0.376 e. The van der Waals surface area contributed by atoms with Gasteiger partial charge in [-0.25, -0.2) is 4.79 Å². The van der Waals surface area contributed by atoms with Crippen LogP contribution in [0.4, 0.5) is 4.79 Å². The molecular weight excluding hydrogens is 304 g/mol. The van der Waals surface area contributed by atoms with Gasteiger partial charge >= 0.3 is 6.03 Å². The van der Waals surface area contributed by atoms with Crippen molar-refractivity contribution in [2.45, 2.75) is 45.0 Å². The molecule has 3 rings (SSSR count). The minimum atomic E-state index is -0.154. The summed E-state index contributed by atoms with van der Waals surface area (Å²) in [4.78, 5) is 12.0. The molecule has 0 aliphatic carbocycles. The highest BCUT2D eigenvalue weighted by Gasteiger charge is 2.23. The number of urea groups is 1. The molecule has 128 valence electrons. The molecule has 1 aromatic heterocycles. The molecule has 1 aliphatic heterocycles. The molecular formula is C18H24N4O2. The number of rotatable bonds is 6. The lowest BCUT2D eigenvalue weighted by molar-refractivity contribution is 0.0860. The Morgan fingerprint density at radius 1 is 1.38 bits per heavy atom. The molecule has 0 radical (unpaired) electrons. The van der Waals surface area contributed by atoms with Crippen LogP contribution in [-0.4, -0.2) is 34.6 Å². The number of hydrogen-bond acceptors (Lipinski definition) is 3. The van der Waals surface area contributed by atoms with Crippen molar-refractivity contribution in [1.29, 1.82) is 0 Å². The maximum atomic E-state index is 12.0. The highest BCUT2D eigenvalue weighted by atomic mass is 16.5. The Hall–Kier alpha value is -2.34. The molecule has 0 bridgehead atoms. The number of amides is 2. The molecule has 1 aromatic carbocycles. The van der Waals surface area contributed by atoms with Crippen LogP contribution in [0.15, 0.2) is 42.7 Å². The average molecular weight is 328 g/mol. The van der Waals surface area contributed by atoms with Gasteiger partial charge in [-0.3, -0.25) is 4.68 Å². The van der Waals surface area contributed by atoms with Crippen molar-refractivity contribution < 1.29 is 9.53 Å². The summed E-state index contributed by atoms with van der Waals surface area (Å²) in [5.41, 5.74) is 2.25. The molecule has 2 unspecified atom stereocenters. The number of benzene rings is 1. The molecule has 0 saturated carbocycles. The van der Waals surface area contributed by atoms with Crippen molar-refractivity contribution in [1.82, 2.24) is 20.4 Å². The van der Waals surface area contributed by atoms with Crippen molar-refractivity contribution in [2.24, 2.45) is 0 Å². The number of carbonyl (C=O) groups excluding carboxylic acids is 1. The van der Waals surface area contributed by atoms with Crippen LogP contribution < -0.4 is 10.6 Å². The summed E-state index contributed by atoms with van der Waals surface area (Å²) in [6.07, 6.45) is 5.93. The largest absolute Gasteiger partial charge is 0.376 e. The molecule has 2 amide bonds. The summed E-state index contributed by atoms with van der Waals surface area (Å²) in [7, 11) is 0. The van der Waals surface area contributed by atoms with Gasteiger partial charge in [-0.15, -0.1) is 0 Å². The number of nitrogens with one attached hydrogen (secondary N) is 2. The molecule has 1 aliphatic rings. The predicted molar refractivity (Wildman–Crippen MR) is 91.6 cm³/mol. The van der Waals surface area contributed by atoms with Crippen molar-refractivity contribution >= 4 is 6.03 Å². The van der Waals surface area contributed by atoms with Gasteiger partial charge in [-0.1, -0.05) is 24.3 Å². The standard InChI is InChI=1S/C18H24N4O2/c1-14(17-4-2-11-24-17)21-18(23)19-12-15-5-7-16(8-6-15)13-22-10-3-9-20-22/h3,5-10,14,17H,2,4,11-13H2,1H3,(H2,19,21,23). The van der Waals surface area contributed by atoms with E-state index in [1.165, 1.54) is 5.56 Å². The molecule has 2 heterocycles. The van der Waals surface area contributed by atoms with Gasteiger partial charge in [0.25, 0.3) is 0 Å². The maximum absolute atomic E-state index is 12.0. The smallest absolute Gasteiger partial charge is 0.315 e. The number of aromatic nitrogens is 2. The fourth-order valence-corrected chi connectivity index (χ4v) is 2.87. The second kappa shape index (κ2) is 7.97. The van der Waals surface area contributed by atoms with Crippen LogP contribution in [0.1, 0.15) is 30.9 Å². The van der Waals surface area contributed by atoms with Gasteiger partial charge in [-0.05, 0) is 37.0 Å². The van der Waals surface area contributed by atoms with Crippen molar-refractivity contribution in [3.05, 3.63) is 53.9 Å². The number of nitrogens with zero attached hydrogens (tertiary/aromatic N) is 2. The van der Waals surface area contributed by atoms with Crippen LogP contribution in [0.25, 0.3) is 0 Å². The SMILES string of the molecule is CC(NC(=O)NCc1ccc(Cn2cccn2)cc1)C1CCCO1. The lowest BCUT2D eigenvalue weighted by Gasteiger charge is -2.20. The van der Waals surface area contributed by atoms with E-state index in [2.05, 4.69) is 27.9 Å². The Morgan fingerprint density at radius 3 is 2.83 bits per heavy atom. The first-order valence-corrected chi connectivity index (χ1v) is 8.42. The van der Waals surface area contributed by atoms with Gasteiger partial charge in [0.05, 0.1) is 18.7 Å². The van der Waals surface area contributed by atoms with Crippen molar-refractivity contribution in [3.8, 4) is 0 Å². The Labute approximate surface area is 142 Å². The topological polar surface area (TPSA) is 68.2 Å². The molecule has 2 aromatic rings. The molecule has 2 N–H and O–H groups in total. The Bertz CT molecular complexity index is 634. The van der Waals surface area contributed by atoms with Gasteiger partial charge in [0, 0.05) is 25.5 Å². The predicted octanol–water partition coefficient (Wildman–Crippen LogP) is 2.30. The molecule has 24 heavy (non-hydrogen) atoms. The van der Waals surface area contributed by atoms with Crippen LogP contribution in [0.5, 0.6) is 0 Å². The first kappa shape index (κ1) is 16.5. The highest BCUT2D eigenvalue weighted by Crippen LogP contribution is 2.15. The van der Waals surface area contributed by atoms with Crippen LogP contribution in [0, 0.1) is 0 Å². The van der Waals surface area contributed by atoms with Crippen LogP contribution in [-0.2, 0) is 17.8 Å². The molecule has 2 atom stereocenters. The second-order valence-electron chi connectivity index (χ2n) is 6.19. The van der Waals surface area contributed by atoms with Crippen LogP contribution >= 0.6 is 0 Å². The van der Waals surface area contributed by atoms with E-state index in [1.54, 1.807) is 6.20 Å². The minimum absolute atomic E-state index is 0.0314. The first-order valence-electron chi connectivity index (χ1n) is 8.42. The number of ether oxygens (including phenoxy) is 1. The lowest BCUT2D eigenvalue weighted by atomic mass is 10.1. The number of hydrogen-bond donors (Lipinski definition) is 2.